The van der Waals surface area contributed by atoms with Crippen molar-refractivity contribution < 1.29 is 15.0 Å². The van der Waals surface area contributed by atoms with Gasteiger partial charge in [-0.25, -0.2) is 0 Å². The molecule has 122 valence electrons. The number of aromatic nitrogens is 1. The van der Waals surface area contributed by atoms with E-state index in [4.69, 9.17) is 0 Å². The van der Waals surface area contributed by atoms with Crippen LogP contribution in [0.15, 0.2) is 30.5 Å². The number of nitrogens with one attached hydrogen (secondary N) is 1. The van der Waals surface area contributed by atoms with Crippen LogP contribution in [0.4, 0.5) is 0 Å². The summed E-state index contributed by atoms with van der Waals surface area (Å²) in [6.07, 6.45) is 2.50. The van der Waals surface area contributed by atoms with Gasteiger partial charge in [0.2, 0.25) is 0 Å². The maximum absolute atomic E-state index is 12.5. The van der Waals surface area contributed by atoms with Gasteiger partial charge in [-0.05, 0) is 48.8 Å². The summed E-state index contributed by atoms with van der Waals surface area (Å²) in [5, 5.41) is 23.8. The molecule has 0 spiro atoms. The number of aliphatic hydroxyl groups excluding tert-OH is 2. The molecule has 4 rings (SSSR count). The molecule has 1 heterocycles. The standard InChI is InChI=1S/C18H22N2O3/c1-20-6-5-12-13(3-2-4-15(12)20)18(23)19-9-11-7-10-8-14(11)17(22)16(10)21/h2-6,10-11,14,16-17,21-22H,7-9H2,1H3,(H,19,23)/t10-,11-,14-,16+,17-/m0/s1. The first-order chi connectivity index (χ1) is 11.1. The average Bonchev–Trinajstić information content (AvgIpc) is 3.21. The highest BCUT2D eigenvalue weighted by Crippen LogP contribution is 2.48. The number of carbonyl (C=O) groups excluding carboxylic acids is 1. The first kappa shape index (κ1) is 14.7. The number of fused-ring (bicyclic) bond motifs is 3. The van der Waals surface area contributed by atoms with Crippen LogP contribution in [0.3, 0.4) is 0 Å². The maximum atomic E-state index is 12.5. The molecule has 2 saturated carbocycles. The Bertz CT molecular complexity index is 752. The van der Waals surface area contributed by atoms with E-state index in [1.807, 2.05) is 42.1 Å². The third-order valence-electron chi connectivity index (χ3n) is 5.75. The fraction of sp³-hybridized carbons (Fsp3) is 0.500. The number of hydrogen-bond acceptors (Lipinski definition) is 3. The second-order valence-corrected chi connectivity index (χ2v) is 7.01. The molecular formula is C18H22N2O3. The number of carbonyl (C=O) groups is 1. The molecule has 2 aliphatic rings. The molecule has 5 heteroatoms. The third kappa shape index (κ3) is 2.26. The van der Waals surface area contributed by atoms with Crippen molar-refractivity contribution in [3.63, 3.8) is 0 Å². The molecule has 1 aromatic carbocycles. The van der Waals surface area contributed by atoms with E-state index in [0.717, 1.165) is 23.7 Å². The average molecular weight is 314 g/mol. The fourth-order valence-electron chi connectivity index (χ4n) is 4.49. The number of amides is 1. The lowest BCUT2D eigenvalue weighted by atomic mass is 9.85. The summed E-state index contributed by atoms with van der Waals surface area (Å²) in [5.74, 6) is 0.495. The minimum atomic E-state index is -0.631. The van der Waals surface area contributed by atoms with Gasteiger partial charge in [-0.15, -0.1) is 0 Å². The van der Waals surface area contributed by atoms with Crippen molar-refractivity contribution >= 4 is 16.8 Å². The van der Waals surface area contributed by atoms with Crippen LogP contribution in [0.2, 0.25) is 0 Å². The Hall–Kier alpha value is -1.85. The molecule has 5 atom stereocenters. The summed E-state index contributed by atoms with van der Waals surface area (Å²) < 4.78 is 2.00. The summed E-state index contributed by atoms with van der Waals surface area (Å²) in [7, 11) is 1.96. The van der Waals surface area contributed by atoms with Gasteiger partial charge < -0.3 is 20.1 Å². The van der Waals surface area contributed by atoms with Crippen LogP contribution in [0, 0.1) is 17.8 Å². The van der Waals surface area contributed by atoms with E-state index in [1.54, 1.807) is 0 Å². The van der Waals surface area contributed by atoms with E-state index < -0.39 is 12.2 Å². The molecule has 0 aliphatic heterocycles. The summed E-state index contributed by atoms with van der Waals surface area (Å²) in [4.78, 5) is 12.5. The lowest BCUT2D eigenvalue weighted by Gasteiger charge is -2.29. The van der Waals surface area contributed by atoms with Gasteiger partial charge in [-0.3, -0.25) is 4.79 Å². The molecule has 5 nitrogen and oxygen atoms in total. The SMILES string of the molecule is Cn1ccc2c(C(=O)NC[C@@H]3C[C@H]4C[C@@H]3[C@H](O)[C@@H]4O)cccc21. The first-order valence-electron chi connectivity index (χ1n) is 8.24. The number of hydrogen-bond donors (Lipinski definition) is 3. The highest BCUT2D eigenvalue weighted by Gasteiger charge is 2.51. The molecule has 0 radical (unpaired) electrons. The predicted octanol–water partition coefficient (Wildman–Crippen LogP) is 1.29. The van der Waals surface area contributed by atoms with Crippen molar-refractivity contribution in [2.24, 2.45) is 24.8 Å². The molecule has 2 bridgehead atoms. The smallest absolute Gasteiger partial charge is 0.251 e. The Balaban J connectivity index is 1.46. The fourth-order valence-corrected chi connectivity index (χ4v) is 4.49. The van der Waals surface area contributed by atoms with Crippen molar-refractivity contribution in [1.29, 1.82) is 0 Å². The Labute approximate surface area is 134 Å². The predicted molar refractivity (Wildman–Crippen MR) is 87.0 cm³/mol. The van der Waals surface area contributed by atoms with Gasteiger partial charge >= 0.3 is 0 Å². The largest absolute Gasteiger partial charge is 0.390 e. The summed E-state index contributed by atoms with van der Waals surface area (Å²) >= 11 is 0. The van der Waals surface area contributed by atoms with Gasteiger partial charge in [-0.2, -0.15) is 0 Å². The normalized spacial score (nSPS) is 32.6. The van der Waals surface area contributed by atoms with Gasteiger partial charge in [0.25, 0.3) is 5.91 Å². The number of aliphatic hydroxyl groups is 2. The topological polar surface area (TPSA) is 74.5 Å². The molecule has 23 heavy (non-hydrogen) atoms. The monoisotopic (exact) mass is 314 g/mol. The molecule has 0 saturated heterocycles. The van der Waals surface area contributed by atoms with Gasteiger partial charge in [0.15, 0.2) is 0 Å². The Morgan fingerprint density at radius 1 is 1.26 bits per heavy atom. The van der Waals surface area contributed by atoms with E-state index in [1.165, 1.54) is 0 Å². The zero-order valence-corrected chi connectivity index (χ0v) is 13.1. The van der Waals surface area contributed by atoms with Gasteiger partial charge in [-0.1, -0.05) is 6.07 Å². The van der Waals surface area contributed by atoms with Crippen molar-refractivity contribution in [3.05, 3.63) is 36.0 Å². The van der Waals surface area contributed by atoms with Crippen molar-refractivity contribution in [2.45, 2.75) is 25.0 Å². The van der Waals surface area contributed by atoms with E-state index in [9.17, 15) is 15.0 Å². The van der Waals surface area contributed by atoms with E-state index in [0.29, 0.717) is 12.1 Å². The molecule has 3 N–H and O–H groups in total. The zero-order chi connectivity index (χ0) is 16.1. The highest BCUT2D eigenvalue weighted by molar-refractivity contribution is 6.06. The van der Waals surface area contributed by atoms with Crippen LogP contribution in [0.25, 0.3) is 10.9 Å². The minimum absolute atomic E-state index is 0.0698. The molecule has 2 aliphatic carbocycles. The van der Waals surface area contributed by atoms with Crippen LogP contribution in [-0.4, -0.2) is 39.4 Å². The summed E-state index contributed by atoms with van der Waals surface area (Å²) in [5.41, 5.74) is 1.72. The number of aryl methyl sites for hydroxylation is 1. The Morgan fingerprint density at radius 2 is 2.09 bits per heavy atom. The van der Waals surface area contributed by atoms with Crippen LogP contribution < -0.4 is 5.32 Å². The molecule has 0 unspecified atom stereocenters. The van der Waals surface area contributed by atoms with Crippen molar-refractivity contribution in [3.8, 4) is 0 Å². The molecule has 2 fully saturated rings. The summed E-state index contributed by atoms with van der Waals surface area (Å²) in [6.45, 7) is 0.563. The minimum Gasteiger partial charge on any atom is -0.390 e. The van der Waals surface area contributed by atoms with Crippen LogP contribution in [-0.2, 0) is 7.05 Å². The quantitative estimate of drug-likeness (QED) is 0.799. The maximum Gasteiger partial charge on any atom is 0.251 e. The third-order valence-corrected chi connectivity index (χ3v) is 5.75. The first-order valence-corrected chi connectivity index (χ1v) is 8.24. The summed E-state index contributed by atoms with van der Waals surface area (Å²) in [6, 6.07) is 7.70. The Kier molecular flexibility index (Phi) is 3.43. The molecule has 1 aromatic heterocycles. The van der Waals surface area contributed by atoms with Gasteiger partial charge in [0, 0.05) is 36.3 Å². The lowest BCUT2D eigenvalue weighted by Crippen LogP contribution is -2.41. The lowest BCUT2D eigenvalue weighted by molar-refractivity contribution is -0.0332. The number of nitrogens with zero attached hydrogens (tertiary/aromatic N) is 1. The Morgan fingerprint density at radius 3 is 2.83 bits per heavy atom. The number of rotatable bonds is 3. The van der Waals surface area contributed by atoms with Crippen molar-refractivity contribution in [1.82, 2.24) is 9.88 Å². The van der Waals surface area contributed by atoms with E-state index >= 15 is 0 Å². The molecule has 2 aromatic rings. The highest BCUT2D eigenvalue weighted by atomic mass is 16.3. The van der Waals surface area contributed by atoms with E-state index in [-0.39, 0.29) is 23.7 Å². The van der Waals surface area contributed by atoms with Gasteiger partial charge in [0.1, 0.15) is 0 Å². The number of benzene rings is 1. The molecular weight excluding hydrogens is 292 g/mol. The van der Waals surface area contributed by atoms with Crippen LogP contribution in [0.5, 0.6) is 0 Å². The second kappa shape index (κ2) is 5.35. The van der Waals surface area contributed by atoms with Crippen molar-refractivity contribution in [2.75, 3.05) is 6.54 Å². The molecule has 1 amide bonds. The van der Waals surface area contributed by atoms with Crippen LogP contribution in [0.1, 0.15) is 23.2 Å². The van der Waals surface area contributed by atoms with E-state index in [2.05, 4.69) is 5.32 Å². The zero-order valence-electron chi connectivity index (χ0n) is 13.1. The second-order valence-electron chi connectivity index (χ2n) is 7.01. The van der Waals surface area contributed by atoms with Gasteiger partial charge in [0.05, 0.1) is 12.2 Å². The van der Waals surface area contributed by atoms with Crippen LogP contribution >= 0.6 is 0 Å².